The second kappa shape index (κ2) is 6.94. The van der Waals surface area contributed by atoms with E-state index in [1.54, 1.807) is 0 Å². The Kier molecular flexibility index (Phi) is 4.76. The summed E-state index contributed by atoms with van der Waals surface area (Å²) in [5.74, 6) is 0.742. The number of para-hydroxylation sites is 1. The minimum Gasteiger partial charge on any atom is -0.381 e. The number of ether oxygens (including phenoxy) is 1. The van der Waals surface area contributed by atoms with Gasteiger partial charge < -0.3 is 14.5 Å². The number of rotatable bonds is 3. The van der Waals surface area contributed by atoms with Crippen LogP contribution in [0.2, 0.25) is 0 Å². The van der Waals surface area contributed by atoms with Crippen molar-refractivity contribution in [1.82, 2.24) is 4.90 Å². The third-order valence-electron chi connectivity index (χ3n) is 4.46. The van der Waals surface area contributed by atoms with Crippen LogP contribution in [-0.4, -0.2) is 50.2 Å². The fourth-order valence-electron chi connectivity index (χ4n) is 3.18. The predicted octanol–water partition coefficient (Wildman–Crippen LogP) is 2.15. The smallest absolute Gasteiger partial charge is 0.222 e. The van der Waals surface area contributed by atoms with E-state index in [0.29, 0.717) is 18.2 Å². The molecule has 0 saturated carbocycles. The van der Waals surface area contributed by atoms with E-state index in [9.17, 15) is 4.79 Å². The maximum absolute atomic E-state index is 12.4. The molecule has 1 aromatic carbocycles. The van der Waals surface area contributed by atoms with Crippen LogP contribution in [0.3, 0.4) is 0 Å². The van der Waals surface area contributed by atoms with E-state index in [1.165, 1.54) is 5.69 Å². The Labute approximate surface area is 126 Å². The molecule has 4 heteroatoms. The Morgan fingerprint density at radius 3 is 2.76 bits per heavy atom. The van der Waals surface area contributed by atoms with Gasteiger partial charge in [-0.05, 0) is 30.9 Å². The zero-order chi connectivity index (χ0) is 14.5. The van der Waals surface area contributed by atoms with Gasteiger partial charge in [0.1, 0.15) is 0 Å². The van der Waals surface area contributed by atoms with Crippen LogP contribution in [0, 0.1) is 5.92 Å². The van der Waals surface area contributed by atoms with Crippen molar-refractivity contribution in [2.75, 3.05) is 44.3 Å². The minimum atomic E-state index is 0.306. The van der Waals surface area contributed by atoms with Gasteiger partial charge in [0.05, 0.1) is 0 Å². The van der Waals surface area contributed by atoms with Crippen LogP contribution in [0.5, 0.6) is 0 Å². The number of hydrogen-bond acceptors (Lipinski definition) is 3. The van der Waals surface area contributed by atoms with Gasteiger partial charge in [-0.15, -0.1) is 0 Å². The first-order valence-electron chi connectivity index (χ1n) is 7.98. The van der Waals surface area contributed by atoms with Crippen LogP contribution in [-0.2, 0) is 9.53 Å². The summed E-state index contributed by atoms with van der Waals surface area (Å²) in [5, 5.41) is 0. The molecule has 4 nitrogen and oxygen atoms in total. The molecule has 2 aliphatic heterocycles. The molecule has 2 aliphatic rings. The molecule has 21 heavy (non-hydrogen) atoms. The Morgan fingerprint density at radius 1 is 1.14 bits per heavy atom. The van der Waals surface area contributed by atoms with E-state index in [-0.39, 0.29) is 0 Å². The molecule has 1 aromatic rings. The van der Waals surface area contributed by atoms with Gasteiger partial charge in [0.2, 0.25) is 5.91 Å². The first kappa shape index (κ1) is 14.4. The number of carbonyl (C=O) groups is 1. The number of benzene rings is 1. The first-order valence-corrected chi connectivity index (χ1v) is 7.98. The molecule has 114 valence electrons. The van der Waals surface area contributed by atoms with Crippen LogP contribution >= 0.6 is 0 Å². The second-order valence-corrected chi connectivity index (χ2v) is 5.99. The van der Waals surface area contributed by atoms with E-state index in [2.05, 4.69) is 29.2 Å². The first-order chi connectivity index (χ1) is 10.3. The lowest BCUT2D eigenvalue weighted by molar-refractivity contribution is -0.132. The highest BCUT2D eigenvalue weighted by molar-refractivity contribution is 5.76. The minimum absolute atomic E-state index is 0.306. The molecule has 1 amide bonds. The zero-order valence-electron chi connectivity index (χ0n) is 12.5. The van der Waals surface area contributed by atoms with Gasteiger partial charge in [0.15, 0.2) is 0 Å². The molecule has 0 N–H and O–H groups in total. The standard InChI is InChI=1S/C17H24N2O2/c20-17(13-15-7-12-21-14-15)19-9-4-8-18(10-11-19)16-5-2-1-3-6-16/h1-3,5-6,15H,4,7-14H2/t15-/m0/s1. The Hall–Kier alpha value is -1.55. The van der Waals surface area contributed by atoms with Gasteiger partial charge in [-0.1, -0.05) is 18.2 Å². The highest BCUT2D eigenvalue weighted by Crippen LogP contribution is 2.19. The Morgan fingerprint density at radius 2 is 2.00 bits per heavy atom. The number of nitrogens with zero attached hydrogens (tertiary/aromatic N) is 2. The Balaban J connectivity index is 1.54. The molecule has 0 unspecified atom stereocenters. The topological polar surface area (TPSA) is 32.8 Å². The molecule has 0 bridgehead atoms. The summed E-state index contributed by atoms with van der Waals surface area (Å²) >= 11 is 0. The number of carbonyl (C=O) groups excluding carboxylic acids is 1. The van der Waals surface area contributed by atoms with Crippen LogP contribution < -0.4 is 4.90 Å². The summed E-state index contributed by atoms with van der Waals surface area (Å²) in [6.45, 7) is 5.25. The third kappa shape index (κ3) is 3.76. The molecular formula is C17H24N2O2. The van der Waals surface area contributed by atoms with E-state index in [4.69, 9.17) is 4.74 Å². The number of amides is 1. The molecule has 2 heterocycles. The molecule has 1 atom stereocenters. The van der Waals surface area contributed by atoms with E-state index < -0.39 is 0 Å². The number of hydrogen-bond donors (Lipinski definition) is 0. The van der Waals surface area contributed by atoms with Crippen molar-refractivity contribution in [3.63, 3.8) is 0 Å². The van der Waals surface area contributed by atoms with Gasteiger partial charge in [0, 0.05) is 51.5 Å². The van der Waals surface area contributed by atoms with E-state index in [0.717, 1.165) is 52.2 Å². The summed E-state index contributed by atoms with van der Waals surface area (Å²) in [7, 11) is 0. The average Bonchev–Trinajstić information content (AvgIpc) is 2.89. The van der Waals surface area contributed by atoms with Gasteiger partial charge in [-0.25, -0.2) is 0 Å². The highest BCUT2D eigenvalue weighted by atomic mass is 16.5. The summed E-state index contributed by atoms with van der Waals surface area (Å²) in [5.41, 5.74) is 1.26. The fourth-order valence-corrected chi connectivity index (χ4v) is 3.18. The fraction of sp³-hybridized carbons (Fsp3) is 0.588. The van der Waals surface area contributed by atoms with Crippen molar-refractivity contribution in [2.24, 2.45) is 5.92 Å². The van der Waals surface area contributed by atoms with Crippen molar-refractivity contribution in [3.8, 4) is 0 Å². The van der Waals surface area contributed by atoms with Crippen LogP contribution in [0.25, 0.3) is 0 Å². The van der Waals surface area contributed by atoms with E-state index >= 15 is 0 Å². The lowest BCUT2D eigenvalue weighted by Gasteiger charge is -2.24. The van der Waals surface area contributed by atoms with Gasteiger partial charge in [0.25, 0.3) is 0 Å². The molecule has 0 aromatic heterocycles. The average molecular weight is 288 g/mol. The molecule has 0 radical (unpaired) electrons. The summed E-state index contributed by atoms with van der Waals surface area (Å²) in [6, 6.07) is 10.5. The van der Waals surface area contributed by atoms with Crippen molar-refractivity contribution in [3.05, 3.63) is 30.3 Å². The summed E-state index contributed by atoms with van der Waals surface area (Å²) in [6.07, 6.45) is 2.74. The van der Waals surface area contributed by atoms with Crippen molar-refractivity contribution in [2.45, 2.75) is 19.3 Å². The van der Waals surface area contributed by atoms with Gasteiger partial charge in [-0.2, -0.15) is 0 Å². The van der Waals surface area contributed by atoms with E-state index in [1.807, 2.05) is 11.0 Å². The molecular weight excluding hydrogens is 264 g/mol. The molecule has 3 rings (SSSR count). The van der Waals surface area contributed by atoms with Crippen LogP contribution in [0.15, 0.2) is 30.3 Å². The normalized spacial score (nSPS) is 23.1. The zero-order valence-corrected chi connectivity index (χ0v) is 12.5. The lowest BCUT2D eigenvalue weighted by Crippen LogP contribution is -2.36. The SMILES string of the molecule is O=C(C[C@@H]1CCOC1)N1CCCN(c2ccccc2)CC1. The van der Waals surface area contributed by atoms with Crippen molar-refractivity contribution in [1.29, 1.82) is 0 Å². The van der Waals surface area contributed by atoms with Crippen LogP contribution in [0.1, 0.15) is 19.3 Å². The maximum atomic E-state index is 12.4. The van der Waals surface area contributed by atoms with Crippen molar-refractivity contribution < 1.29 is 9.53 Å². The van der Waals surface area contributed by atoms with Crippen molar-refractivity contribution >= 4 is 11.6 Å². The Bertz CT molecular complexity index is 457. The highest BCUT2D eigenvalue weighted by Gasteiger charge is 2.24. The second-order valence-electron chi connectivity index (χ2n) is 5.99. The molecule has 2 fully saturated rings. The third-order valence-corrected chi connectivity index (χ3v) is 4.46. The van der Waals surface area contributed by atoms with Gasteiger partial charge in [-0.3, -0.25) is 4.79 Å². The monoisotopic (exact) mass is 288 g/mol. The largest absolute Gasteiger partial charge is 0.381 e. The van der Waals surface area contributed by atoms with Crippen LogP contribution in [0.4, 0.5) is 5.69 Å². The molecule has 2 saturated heterocycles. The lowest BCUT2D eigenvalue weighted by atomic mass is 10.0. The molecule has 0 aliphatic carbocycles. The summed E-state index contributed by atoms with van der Waals surface area (Å²) in [4.78, 5) is 16.8. The van der Waals surface area contributed by atoms with Gasteiger partial charge >= 0.3 is 0 Å². The summed E-state index contributed by atoms with van der Waals surface area (Å²) < 4.78 is 5.37. The number of anilines is 1. The quantitative estimate of drug-likeness (QED) is 0.854. The predicted molar refractivity (Wildman–Crippen MR) is 83.4 cm³/mol. The molecule has 0 spiro atoms. The maximum Gasteiger partial charge on any atom is 0.222 e.